The Morgan fingerprint density at radius 3 is 0.941 bits per heavy atom. The summed E-state index contributed by atoms with van der Waals surface area (Å²) in [4.78, 5) is 21.8. The molecule has 0 aliphatic carbocycles. The van der Waals surface area contributed by atoms with Crippen LogP contribution in [0, 0.1) is 0 Å². The Balaban J connectivity index is 0. The first kappa shape index (κ1) is 51.2. The molecule has 1 aromatic carbocycles. The SMILES string of the molecule is CCCC[N+](CCCC)(CCCC)CCCC.CCCC[N+](CCCC)(CCCC)CCCC.CCc1cccc(C(C(=O)[O-])C(=O)[O-])c1CC. The van der Waals surface area contributed by atoms with E-state index in [1.54, 1.807) is 6.07 Å². The highest BCUT2D eigenvalue weighted by molar-refractivity contribution is 5.97. The molecule has 0 spiro atoms. The van der Waals surface area contributed by atoms with E-state index in [9.17, 15) is 19.8 Å². The fraction of sp³-hybridized carbons (Fsp3) is 0.822. The summed E-state index contributed by atoms with van der Waals surface area (Å²) < 4.78 is 2.84. The molecule has 6 nitrogen and oxygen atoms in total. The summed E-state index contributed by atoms with van der Waals surface area (Å²) in [5, 5.41) is 21.8. The van der Waals surface area contributed by atoms with Gasteiger partial charge in [-0.05, 0) is 80.9 Å². The quantitative estimate of drug-likeness (QED) is 0.0611. The monoisotopic (exact) mass is 719 g/mol. The van der Waals surface area contributed by atoms with Crippen LogP contribution in [0.4, 0.5) is 0 Å². The molecule has 51 heavy (non-hydrogen) atoms. The number of unbranched alkanes of at least 4 members (excludes halogenated alkanes) is 8. The minimum Gasteiger partial charge on any atom is -0.549 e. The van der Waals surface area contributed by atoms with E-state index in [-0.39, 0.29) is 5.56 Å². The summed E-state index contributed by atoms with van der Waals surface area (Å²) in [6, 6.07) is 5.03. The van der Waals surface area contributed by atoms with E-state index < -0.39 is 17.9 Å². The molecule has 0 bridgehead atoms. The molecule has 0 heterocycles. The molecule has 0 aliphatic rings. The minimum absolute atomic E-state index is 0.270. The second kappa shape index (κ2) is 32.7. The van der Waals surface area contributed by atoms with E-state index in [0.717, 1.165) is 17.5 Å². The summed E-state index contributed by atoms with van der Waals surface area (Å²) in [6.45, 7) is 33.8. The standard InChI is InChI=1S/2C16H36N.C13H16O4/c2*1-5-9-13-17(14-10-6-2,15-11-7-3)16-12-8-4;1-3-8-6-5-7-10(9(8)4-2)11(12(14)15)13(16)17/h2*5-16H2,1-4H3;5-7,11H,3-4H2,1-2H3,(H,14,15)(H,16,17)/q2*+1;/p-2. The molecular weight excluding hydrogens is 633 g/mol. The van der Waals surface area contributed by atoms with E-state index in [2.05, 4.69) is 55.4 Å². The van der Waals surface area contributed by atoms with Gasteiger partial charge in [-0.15, -0.1) is 0 Å². The summed E-state index contributed by atoms with van der Waals surface area (Å²) in [5.41, 5.74) is 1.98. The Hall–Kier alpha value is -1.92. The van der Waals surface area contributed by atoms with Gasteiger partial charge in [0, 0.05) is 0 Å². The van der Waals surface area contributed by atoms with Crippen molar-refractivity contribution in [3.8, 4) is 0 Å². The number of rotatable bonds is 29. The Morgan fingerprint density at radius 2 is 0.745 bits per heavy atom. The van der Waals surface area contributed by atoms with Crippen molar-refractivity contribution in [2.75, 3.05) is 52.4 Å². The molecule has 0 fully saturated rings. The summed E-state index contributed by atoms with van der Waals surface area (Å²) in [5.74, 6) is -4.96. The van der Waals surface area contributed by atoms with Gasteiger partial charge in [-0.25, -0.2) is 0 Å². The fourth-order valence-electron chi connectivity index (χ4n) is 7.33. The van der Waals surface area contributed by atoms with Gasteiger partial charge in [0.05, 0.1) is 70.2 Å². The van der Waals surface area contributed by atoms with Gasteiger partial charge in [-0.1, -0.05) is 139 Å². The van der Waals surface area contributed by atoms with Gasteiger partial charge in [0.2, 0.25) is 0 Å². The van der Waals surface area contributed by atoms with Crippen LogP contribution in [0.25, 0.3) is 0 Å². The van der Waals surface area contributed by atoms with Gasteiger partial charge in [0.1, 0.15) is 0 Å². The van der Waals surface area contributed by atoms with Gasteiger partial charge in [-0.3, -0.25) is 0 Å². The van der Waals surface area contributed by atoms with E-state index in [1.165, 1.54) is 170 Å². The topological polar surface area (TPSA) is 80.3 Å². The fourth-order valence-corrected chi connectivity index (χ4v) is 7.33. The highest BCUT2D eigenvalue weighted by atomic mass is 16.4. The van der Waals surface area contributed by atoms with Crippen molar-refractivity contribution >= 4 is 11.9 Å². The predicted molar refractivity (Wildman–Crippen MR) is 217 cm³/mol. The maximum atomic E-state index is 10.9. The molecule has 0 radical (unpaired) electrons. The lowest BCUT2D eigenvalue weighted by molar-refractivity contribution is -0.929. The van der Waals surface area contributed by atoms with Gasteiger partial charge in [0.25, 0.3) is 0 Å². The third kappa shape index (κ3) is 22.0. The van der Waals surface area contributed by atoms with Gasteiger partial charge < -0.3 is 28.8 Å². The van der Waals surface area contributed by atoms with Crippen LogP contribution in [0.3, 0.4) is 0 Å². The summed E-state index contributed by atoms with van der Waals surface area (Å²) >= 11 is 0. The van der Waals surface area contributed by atoms with Crippen molar-refractivity contribution in [3.63, 3.8) is 0 Å². The lowest BCUT2D eigenvalue weighted by atomic mass is 9.89. The van der Waals surface area contributed by atoms with E-state index in [4.69, 9.17) is 0 Å². The molecular formula is C45H86N2O4. The molecule has 1 rings (SSSR count). The second-order valence-corrected chi connectivity index (χ2v) is 15.1. The van der Waals surface area contributed by atoms with E-state index in [0.29, 0.717) is 6.42 Å². The van der Waals surface area contributed by atoms with Gasteiger partial charge in [-0.2, -0.15) is 0 Å². The van der Waals surface area contributed by atoms with E-state index in [1.807, 2.05) is 19.9 Å². The van der Waals surface area contributed by atoms with Crippen LogP contribution in [-0.2, 0) is 22.4 Å². The van der Waals surface area contributed by atoms with Crippen LogP contribution >= 0.6 is 0 Å². The number of hydrogen-bond donors (Lipinski definition) is 0. The third-order valence-corrected chi connectivity index (χ3v) is 10.7. The third-order valence-electron chi connectivity index (χ3n) is 10.7. The summed E-state index contributed by atoms with van der Waals surface area (Å²) in [6.07, 6.45) is 23.4. The van der Waals surface area contributed by atoms with Crippen molar-refractivity contribution in [3.05, 3.63) is 34.9 Å². The molecule has 0 atom stereocenters. The molecule has 1 aromatic rings. The van der Waals surface area contributed by atoms with Crippen molar-refractivity contribution in [2.24, 2.45) is 0 Å². The number of nitrogens with zero attached hydrogens (tertiary/aromatic N) is 2. The Labute approximate surface area is 318 Å². The minimum atomic E-state index is -1.70. The average molecular weight is 719 g/mol. The molecule has 0 aliphatic heterocycles. The number of carboxylic acid groups (broad SMARTS) is 2. The number of carbonyl (C=O) groups is 2. The van der Waals surface area contributed by atoms with Crippen molar-refractivity contribution < 1.29 is 28.8 Å². The smallest absolute Gasteiger partial charge is 0.0786 e. The number of benzene rings is 1. The highest BCUT2D eigenvalue weighted by Crippen LogP contribution is 2.24. The normalized spacial score (nSPS) is 11.5. The molecule has 0 aromatic heterocycles. The molecule has 6 heteroatoms. The van der Waals surface area contributed by atoms with Crippen LogP contribution in [-0.4, -0.2) is 73.3 Å². The Bertz CT molecular complexity index is 854. The van der Waals surface area contributed by atoms with Crippen molar-refractivity contribution in [1.82, 2.24) is 0 Å². The second-order valence-electron chi connectivity index (χ2n) is 15.1. The van der Waals surface area contributed by atoms with Crippen molar-refractivity contribution in [1.29, 1.82) is 0 Å². The number of aryl methyl sites for hydroxylation is 1. The predicted octanol–water partition coefficient (Wildman–Crippen LogP) is 9.40. The molecule has 0 amide bonds. The molecule has 300 valence electrons. The zero-order valence-electron chi connectivity index (χ0n) is 35.7. The molecule has 0 saturated carbocycles. The van der Waals surface area contributed by atoms with Crippen LogP contribution < -0.4 is 10.2 Å². The van der Waals surface area contributed by atoms with Crippen LogP contribution in [0.5, 0.6) is 0 Å². The number of quaternary nitrogens is 2. The highest BCUT2D eigenvalue weighted by Gasteiger charge is 2.26. The average Bonchev–Trinajstić information content (AvgIpc) is 3.13. The molecule has 0 unspecified atom stereocenters. The maximum absolute atomic E-state index is 10.9. The van der Waals surface area contributed by atoms with E-state index >= 15 is 0 Å². The first-order valence-corrected chi connectivity index (χ1v) is 21.7. The van der Waals surface area contributed by atoms with Crippen LogP contribution in [0.15, 0.2) is 18.2 Å². The number of hydrogen-bond acceptors (Lipinski definition) is 4. The lowest BCUT2D eigenvalue weighted by Crippen LogP contribution is -2.50. The molecule has 0 N–H and O–H groups in total. The molecule has 0 saturated heterocycles. The first-order chi connectivity index (χ1) is 24.5. The van der Waals surface area contributed by atoms with Crippen LogP contribution in [0.2, 0.25) is 0 Å². The zero-order valence-corrected chi connectivity index (χ0v) is 35.7. The van der Waals surface area contributed by atoms with Gasteiger partial charge >= 0.3 is 0 Å². The number of carboxylic acids is 2. The maximum Gasteiger partial charge on any atom is 0.0786 e. The first-order valence-electron chi connectivity index (χ1n) is 21.7. The Morgan fingerprint density at radius 1 is 0.471 bits per heavy atom. The van der Waals surface area contributed by atoms with Crippen LogP contribution in [0.1, 0.15) is 195 Å². The number of aliphatic carboxylic acids is 2. The van der Waals surface area contributed by atoms with Gasteiger partial charge in [0.15, 0.2) is 0 Å². The summed E-state index contributed by atoms with van der Waals surface area (Å²) in [7, 11) is 0. The lowest BCUT2D eigenvalue weighted by Gasteiger charge is -2.39. The zero-order chi connectivity index (χ0) is 39.0. The van der Waals surface area contributed by atoms with Crippen molar-refractivity contribution in [2.45, 2.75) is 191 Å². The number of carbonyl (C=O) groups excluding carboxylic acids is 2. The largest absolute Gasteiger partial charge is 0.549 e. The Kier molecular flexibility index (Phi) is 32.8.